The molecule has 0 fully saturated rings. The van der Waals surface area contributed by atoms with E-state index in [1.165, 1.54) is 11.6 Å². The van der Waals surface area contributed by atoms with Crippen molar-refractivity contribution in [1.82, 2.24) is 5.32 Å². The highest BCUT2D eigenvalue weighted by Crippen LogP contribution is 2.27. The molecule has 1 N–H and O–H groups in total. The summed E-state index contributed by atoms with van der Waals surface area (Å²) in [4.78, 5) is 14.9. The SMILES string of the molecule is O=C(/C=C/c1cccs1)NC(=S)N1CCc2ccccc21. The number of para-hydroxylation sites is 1. The number of rotatable bonds is 2. The van der Waals surface area contributed by atoms with E-state index >= 15 is 0 Å². The maximum Gasteiger partial charge on any atom is 0.250 e. The second-order valence-electron chi connectivity index (χ2n) is 4.67. The first kappa shape index (κ1) is 14.0. The van der Waals surface area contributed by atoms with E-state index in [1.807, 2.05) is 40.6 Å². The average molecular weight is 314 g/mol. The van der Waals surface area contributed by atoms with Crippen LogP contribution < -0.4 is 10.2 Å². The van der Waals surface area contributed by atoms with Crippen LogP contribution in [-0.2, 0) is 11.2 Å². The lowest BCUT2D eigenvalue weighted by molar-refractivity contribution is -0.115. The number of thiophene rings is 1. The highest BCUT2D eigenvalue weighted by atomic mass is 32.1. The Morgan fingerprint density at radius 2 is 2.14 bits per heavy atom. The molecule has 21 heavy (non-hydrogen) atoms. The minimum Gasteiger partial charge on any atom is -0.318 e. The molecule has 0 aliphatic carbocycles. The number of anilines is 1. The summed E-state index contributed by atoms with van der Waals surface area (Å²) in [5.74, 6) is -0.196. The number of fused-ring (bicyclic) bond motifs is 1. The van der Waals surface area contributed by atoms with Crippen LogP contribution in [0.2, 0.25) is 0 Å². The summed E-state index contributed by atoms with van der Waals surface area (Å²) < 4.78 is 0. The molecule has 3 rings (SSSR count). The summed E-state index contributed by atoms with van der Waals surface area (Å²) in [5.41, 5.74) is 2.35. The zero-order valence-corrected chi connectivity index (χ0v) is 12.9. The molecule has 5 heteroatoms. The number of hydrogen-bond acceptors (Lipinski definition) is 3. The molecular formula is C16H14N2OS2. The molecule has 0 spiro atoms. The topological polar surface area (TPSA) is 32.3 Å². The number of carbonyl (C=O) groups is 1. The molecular weight excluding hydrogens is 300 g/mol. The smallest absolute Gasteiger partial charge is 0.250 e. The van der Waals surface area contributed by atoms with E-state index in [9.17, 15) is 4.79 Å². The van der Waals surface area contributed by atoms with Gasteiger partial charge in [0.1, 0.15) is 0 Å². The lowest BCUT2D eigenvalue weighted by Gasteiger charge is -2.19. The second-order valence-corrected chi connectivity index (χ2v) is 6.04. The Labute approximate surface area is 132 Å². The predicted molar refractivity (Wildman–Crippen MR) is 91.6 cm³/mol. The Morgan fingerprint density at radius 1 is 1.29 bits per heavy atom. The number of thiocarbonyl (C=S) groups is 1. The van der Waals surface area contributed by atoms with Crippen LogP contribution in [0.1, 0.15) is 10.4 Å². The fourth-order valence-electron chi connectivity index (χ4n) is 2.31. The third-order valence-electron chi connectivity index (χ3n) is 3.30. The first-order valence-electron chi connectivity index (χ1n) is 6.66. The van der Waals surface area contributed by atoms with E-state index in [0.717, 1.165) is 23.5 Å². The van der Waals surface area contributed by atoms with Crippen LogP contribution in [0.25, 0.3) is 6.08 Å². The molecule has 0 unspecified atom stereocenters. The Hall–Kier alpha value is -1.98. The molecule has 1 aliphatic heterocycles. The third kappa shape index (κ3) is 3.20. The van der Waals surface area contributed by atoms with Gasteiger partial charge in [-0.2, -0.15) is 0 Å². The number of benzene rings is 1. The summed E-state index contributed by atoms with van der Waals surface area (Å²) in [6.07, 6.45) is 4.26. The number of carbonyl (C=O) groups excluding carboxylic acids is 1. The normalized spacial score (nSPS) is 13.4. The second kappa shape index (κ2) is 6.20. The Bertz CT molecular complexity index is 692. The van der Waals surface area contributed by atoms with Crippen molar-refractivity contribution >= 4 is 46.3 Å². The van der Waals surface area contributed by atoms with Crippen LogP contribution in [0.15, 0.2) is 47.9 Å². The van der Waals surface area contributed by atoms with Crippen LogP contribution in [0, 0.1) is 0 Å². The molecule has 0 saturated heterocycles. The maximum atomic E-state index is 11.9. The third-order valence-corrected chi connectivity index (χ3v) is 4.46. The van der Waals surface area contributed by atoms with E-state index in [-0.39, 0.29) is 5.91 Å². The first-order chi connectivity index (χ1) is 10.2. The van der Waals surface area contributed by atoms with E-state index in [2.05, 4.69) is 11.4 Å². The van der Waals surface area contributed by atoms with Crippen molar-refractivity contribution in [2.45, 2.75) is 6.42 Å². The molecule has 106 valence electrons. The van der Waals surface area contributed by atoms with Crippen molar-refractivity contribution in [3.05, 3.63) is 58.3 Å². The van der Waals surface area contributed by atoms with Gasteiger partial charge in [0.25, 0.3) is 0 Å². The van der Waals surface area contributed by atoms with Gasteiger partial charge in [-0.05, 0) is 47.8 Å². The minimum absolute atomic E-state index is 0.196. The molecule has 0 radical (unpaired) electrons. The molecule has 1 aromatic heterocycles. The van der Waals surface area contributed by atoms with Gasteiger partial charge in [-0.25, -0.2) is 0 Å². The van der Waals surface area contributed by atoms with Crippen LogP contribution in [0.4, 0.5) is 5.69 Å². The van der Waals surface area contributed by atoms with E-state index < -0.39 is 0 Å². The van der Waals surface area contributed by atoms with Crippen molar-refractivity contribution in [2.75, 3.05) is 11.4 Å². The van der Waals surface area contributed by atoms with Gasteiger partial charge in [0.05, 0.1) is 0 Å². The van der Waals surface area contributed by atoms with Gasteiger partial charge in [-0.15, -0.1) is 11.3 Å². The van der Waals surface area contributed by atoms with E-state index in [4.69, 9.17) is 12.2 Å². The van der Waals surface area contributed by atoms with Gasteiger partial charge in [0.2, 0.25) is 5.91 Å². The lowest BCUT2D eigenvalue weighted by Crippen LogP contribution is -2.41. The Balaban J connectivity index is 1.63. The van der Waals surface area contributed by atoms with E-state index in [0.29, 0.717) is 5.11 Å². The monoisotopic (exact) mass is 314 g/mol. The zero-order valence-electron chi connectivity index (χ0n) is 11.3. The summed E-state index contributed by atoms with van der Waals surface area (Å²) in [6.45, 7) is 0.813. The van der Waals surface area contributed by atoms with Gasteiger partial charge in [-0.1, -0.05) is 24.3 Å². The van der Waals surface area contributed by atoms with Crippen molar-refractivity contribution in [3.8, 4) is 0 Å². The number of hydrogen-bond donors (Lipinski definition) is 1. The van der Waals surface area contributed by atoms with Gasteiger partial charge >= 0.3 is 0 Å². The minimum atomic E-state index is -0.196. The zero-order chi connectivity index (χ0) is 14.7. The molecule has 1 aliphatic rings. The standard InChI is InChI=1S/C16H14N2OS2/c19-15(8-7-13-5-3-11-21-13)17-16(20)18-10-9-12-4-1-2-6-14(12)18/h1-8,11H,9-10H2,(H,17,19,20)/b8-7+. The number of amides is 1. The van der Waals surface area contributed by atoms with Crippen molar-refractivity contribution in [3.63, 3.8) is 0 Å². The van der Waals surface area contributed by atoms with Crippen molar-refractivity contribution in [2.24, 2.45) is 0 Å². The highest BCUT2D eigenvalue weighted by Gasteiger charge is 2.22. The van der Waals surface area contributed by atoms with Gasteiger partial charge in [0, 0.05) is 23.2 Å². The molecule has 0 saturated carbocycles. The summed E-state index contributed by atoms with van der Waals surface area (Å²) >= 11 is 6.93. The van der Waals surface area contributed by atoms with Crippen LogP contribution >= 0.6 is 23.6 Å². The number of nitrogens with zero attached hydrogens (tertiary/aromatic N) is 1. The summed E-state index contributed by atoms with van der Waals surface area (Å²) in [6, 6.07) is 12.0. The molecule has 3 nitrogen and oxygen atoms in total. The molecule has 0 bridgehead atoms. The van der Waals surface area contributed by atoms with Crippen LogP contribution in [0.5, 0.6) is 0 Å². The molecule has 2 heterocycles. The van der Waals surface area contributed by atoms with Crippen molar-refractivity contribution < 1.29 is 4.79 Å². The predicted octanol–water partition coefficient (Wildman–Crippen LogP) is 3.23. The molecule has 2 aromatic rings. The highest BCUT2D eigenvalue weighted by molar-refractivity contribution is 7.80. The summed E-state index contributed by atoms with van der Waals surface area (Å²) in [5, 5.41) is 5.20. The van der Waals surface area contributed by atoms with E-state index in [1.54, 1.807) is 17.4 Å². The fourth-order valence-corrected chi connectivity index (χ4v) is 3.22. The maximum absolute atomic E-state index is 11.9. The largest absolute Gasteiger partial charge is 0.318 e. The van der Waals surface area contributed by atoms with Gasteiger partial charge < -0.3 is 4.90 Å². The lowest BCUT2D eigenvalue weighted by atomic mass is 10.2. The average Bonchev–Trinajstić information content (AvgIpc) is 3.14. The van der Waals surface area contributed by atoms with Gasteiger partial charge in [-0.3, -0.25) is 10.1 Å². The van der Waals surface area contributed by atoms with Crippen LogP contribution in [0.3, 0.4) is 0 Å². The summed E-state index contributed by atoms with van der Waals surface area (Å²) in [7, 11) is 0. The van der Waals surface area contributed by atoms with Crippen molar-refractivity contribution in [1.29, 1.82) is 0 Å². The molecule has 0 atom stereocenters. The number of nitrogens with one attached hydrogen (secondary N) is 1. The fraction of sp³-hybridized carbons (Fsp3) is 0.125. The Morgan fingerprint density at radius 3 is 2.95 bits per heavy atom. The van der Waals surface area contributed by atoms with Crippen LogP contribution in [-0.4, -0.2) is 17.6 Å². The quantitative estimate of drug-likeness (QED) is 0.682. The molecule has 1 amide bonds. The molecule has 1 aromatic carbocycles. The first-order valence-corrected chi connectivity index (χ1v) is 7.95. The Kier molecular flexibility index (Phi) is 4.13. The van der Waals surface area contributed by atoms with Gasteiger partial charge in [0.15, 0.2) is 5.11 Å².